The normalized spacial score (nSPS) is 13.5. The summed E-state index contributed by atoms with van der Waals surface area (Å²) in [4.78, 5) is 4.60. The molecule has 0 saturated heterocycles. The molecule has 0 fully saturated rings. The highest BCUT2D eigenvalue weighted by atomic mass is 32.2. The van der Waals surface area contributed by atoms with Crippen molar-refractivity contribution >= 4 is 56.6 Å². The molecular weight excluding hydrogens is 637 g/mol. The van der Waals surface area contributed by atoms with E-state index in [1.54, 1.807) is 11.1 Å². The second-order valence-electron chi connectivity index (χ2n) is 14.2. The van der Waals surface area contributed by atoms with E-state index in [0.717, 1.165) is 46.3 Å². The topological polar surface area (TPSA) is 6.48 Å². The third kappa shape index (κ3) is 9.98. The second kappa shape index (κ2) is 18.6. The molecular formula is C40H62N2S4. The van der Waals surface area contributed by atoms with Crippen LogP contribution in [0.5, 0.6) is 0 Å². The number of nitrogens with zero attached hydrogens (tertiary/aromatic N) is 2. The zero-order chi connectivity index (χ0) is 33.9. The number of thioether (sulfide) groups is 2. The van der Waals surface area contributed by atoms with Crippen molar-refractivity contribution < 1.29 is 0 Å². The largest absolute Gasteiger partial charge is 0.358 e. The summed E-state index contributed by atoms with van der Waals surface area (Å²) in [6, 6.07) is 14.8. The van der Waals surface area contributed by atoms with Crippen molar-refractivity contribution in [1.82, 2.24) is 9.80 Å². The summed E-state index contributed by atoms with van der Waals surface area (Å²) >= 11 is 15.2. The Bertz CT molecular complexity index is 1230. The minimum atomic E-state index is 0.0736. The Labute approximate surface area is 302 Å². The average Bonchev–Trinajstić information content (AvgIpc) is 3.29. The number of hydrogen-bond donors (Lipinski definition) is 0. The van der Waals surface area contributed by atoms with Crippen LogP contribution >= 0.6 is 48.0 Å². The van der Waals surface area contributed by atoms with Gasteiger partial charge in [0.15, 0.2) is 0 Å². The molecule has 1 aliphatic carbocycles. The highest BCUT2D eigenvalue weighted by molar-refractivity contribution is 8.23. The summed E-state index contributed by atoms with van der Waals surface area (Å²) in [7, 11) is 0. The maximum Gasteiger partial charge on any atom is 0.136 e. The quantitative estimate of drug-likeness (QED) is 0.119. The van der Waals surface area contributed by atoms with Crippen LogP contribution < -0.4 is 0 Å². The summed E-state index contributed by atoms with van der Waals surface area (Å²) in [5, 5.41) is 0. The van der Waals surface area contributed by atoms with E-state index in [9.17, 15) is 0 Å². The molecule has 2 nitrogen and oxygen atoms in total. The molecule has 6 heteroatoms. The molecule has 0 radical (unpaired) electrons. The maximum absolute atomic E-state index is 5.71. The van der Waals surface area contributed by atoms with Crippen molar-refractivity contribution in [1.29, 1.82) is 0 Å². The Hall–Kier alpha value is -1.08. The highest BCUT2D eigenvalue weighted by Gasteiger charge is 2.43. The molecule has 0 saturated carbocycles. The SMILES string of the molecule is CCN(CC)C(=S)SCCCCCC1(CCCCCSC(=S)N(CC)CC)c2cc(C(C)C)ccc2-c2ccc(C(C)(C)C)cc21. The molecule has 2 aromatic carbocycles. The number of hydrogen-bond acceptors (Lipinski definition) is 4. The van der Waals surface area contributed by atoms with Crippen LogP contribution in [0, 0.1) is 0 Å². The minimum absolute atomic E-state index is 0.0736. The Morgan fingerprint density at radius 3 is 1.57 bits per heavy atom. The summed E-state index contributed by atoms with van der Waals surface area (Å²) < 4.78 is 2.12. The van der Waals surface area contributed by atoms with Gasteiger partial charge in [-0.15, -0.1) is 0 Å². The van der Waals surface area contributed by atoms with Crippen molar-refractivity contribution in [2.75, 3.05) is 37.7 Å². The zero-order valence-corrected chi connectivity index (χ0v) is 33.7. The summed E-state index contributed by atoms with van der Waals surface area (Å²) in [5.74, 6) is 2.76. The predicted molar refractivity (Wildman–Crippen MR) is 218 cm³/mol. The summed E-state index contributed by atoms with van der Waals surface area (Å²) in [6.07, 6.45) is 9.88. The third-order valence-corrected chi connectivity index (χ3v) is 13.1. The average molecular weight is 699 g/mol. The first-order valence-electron chi connectivity index (χ1n) is 18.1. The molecule has 0 aromatic heterocycles. The maximum atomic E-state index is 5.71. The van der Waals surface area contributed by atoms with Crippen molar-refractivity contribution in [3.05, 3.63) is 58.7 Å². The van der Waals surface area contributed by atoms with Crippen LogP contribution in [0.3, 0.4) is 0 Å². The molecule has 256 valence electrons. The van der Waals surface area contributed by atoms with Gasteiger partial charge in [0.1, 0.15) is 8.64 Å². The standard InChI is InChI=1S/C40H62N2S4/c1-10-41(11-2)37(43)45-26-18-14-16-24-40(25-17-15-19-27-46-38(44)42(12-3)13-4)35-28-31(30(5)6)20-22-33(35)34-23-21-32(29-36(34)40)39(7,8)9/h20-23,28-30H,10-19,24-27H2,1-9H3. The van der Waals surface area contributed by atoms with Crippen LogP contribution in [0.1, 0.15) is 142 Å². The van der Waals surface area contributed by atoms with Gasteiger partial charge in [0, 0.05) is 43.1 Å². The fourth-order valence-corrected chi connectivity index (χ4v) is 9.82. The molecule has 0 aliphatic heterocycles. The molecule has 1 aliphatic rings. The van der Waals surface area contributed by atoms with Crippen LogP contribution in [0.15, 0.2) is 36.4 Å². The lowest BCUT2D eigenvalue weighted by Gasteiger charge is -2.34. The number of benzene rings is 2. The van der Waals surface area contributed by atoms with Gasteiger partial charge in [-0.3, -0.25) is 0 Å². The van der Waals surface area contributed by atoms with Crippen LogP contribution in [0.2, 0.25) is 0 Å². The van der Waals surface area contributed by atoms with E-state index in [-0.39, 0.29) is 10.8 Å². The van der Waals surface area contributed by atoms with E-state index in [1.165, 1.54) is 73.6 Å². The van der Waals surface area contributed by atoms with E-state index in [4.69, 9.17) is 24.4 Å². The molecule has 2 aromatic rings. The molecule has 0 heterocycles. The fraction of sp³-hybridized carbons (Fsp3) is 0.650. The van der Waals surface area contributed by atoms with Crippen molar-refractivity contribution in [3.8, 4) is 11.1 Å². The number of rotatable bonds is 17. The zero-order valence-electron chi connectivity index (χ0n) is 30.5. The first kappa shape index (κ1) is 39.4. The molecule has 3 rings (SSSR count). The van der Waals surface area contributed by atoms with Crippen LogP contribution in [0.25, 0.3) is 11.1 Å². The molecule has 0 spiro atoms. The number of fused-ring (bicyclic) bond motifs is 3. The fourth-order valence-electron chi connectivity index (χ4n) is 6.88. The Morgan fingerprint density at radius 1 is 0.674 bits per heavy atom. The van der Waals surface area contributed by atoms with E-state index in [1.807, 2.05) is 23.5 Å². The van der Waals surface area contributed by atoms with Gasteiger partial charge in [-0.2, -0.15) is 0 Å². The highest BCUT2D eigenvalue weighted by Crippen LogP contribution is 2.55. The smallest absolute Gasteiger partial charge is 0.136 e. The molecule has 46 heavy (non-hydrogen) atoms. The molecule has 0 N–H and O–H groups in total. The Morgan fingerprint density at radius 2 is 1.13 bits per heavy atom. The van der Waals surface area contributed by atoms with Gasteiger partial charge < -0.3 is 9.80 Å². The van der Waals surface area contributed by atoms with Gasteiger partial charge in [0.05, 0.1) is 0 Å². The van der Waals surface area contributed by atoms with Crippen molar-refractivity contribution in [3.63, 3.8) is 0 Å². The van der Waals surface area contributed by atoms with Gasteiger partial charge in [0.2, 0.25) is 0 Å². The Balaban J connectivity index is 1.84. The number of thiocarbonyl (C=S) groups is 2. The van der Waals surface area contributed by atoms with Crippen molar-refractivity contribution in [2.24, 2.45) is 0 Å². The monoisotopic (exact) mass is 698 g/mol. The molecule has 0 bridgehead atoms. The van der Waals surface area contributed by atoms with Crippen LogP contribution in [0.4, 0.5) is 0 Å². The third-order valence-electron chi connectivity index (χ3n) is 9.91. The summed E-state index contributed by atoms with van der Waals surface area (Å²) in [6.45, 7) is 24.5. The van der Waals surface area contributed by atoms with Crippen molar-refractivity contribution in [2.45, 2.75) is 130 Å². The molecule has 0 atom stereocenters. The lowest BCUT2D eigenvalue weighted by atomic mass is 9.69. The van der Waals surface area contributed by atoms with E-state index >= 15 is 0 Å². The summed E-state index contributed by atoms with van der Waals surface area (Å²) in [5.41, 5.74) is 9.24. The lowest BCUT2D eigenvalue weighted by Crippen LogP contribution is -2.27. The first-order chi connectivity index (χ1) is 21.9. The molecule has 0 unspecified atom stereocenters. The van der Waals surface area contributed by atoms with E-state index in [2.05, 4.69) is 109 Å². The van der Waals surface area contributed by atoms with Crippen LogP contribution in [-0.4, -0.2) is 56.1 Å². The van der Waals surface area contributed by atoms with Gasteiger partial charge in [-0.1, -0.05) is 145 Å². The first-order valence-corrected chi connectivity index (χ1v) is 20.8. The number of unbranched alkanes of at least 4 members (excludes halogenated alkanes) is 4. The predicted octanol–water partition coefficient (Wildman–Crippen LogP) is 12.2. The van der Waals surface area contributed by atoms with Gasteiger partial charge in [-0.05, 0) is 98.1 Å². The molecule has 0 amide bonds. The van der Waals surface area contributed by atoms with Crippen LogP contribution in [-0.2, 0) is 10.8 Å². The van der Waals surface area contributed by atoms with Gasteiger partial charge >= 0.3 is 0 Å². The second-order valence-corrected chi connectivity index (χ2v) is 17.7. The Kier molecular flexibility index (Phi) is 15.9. The lowest BCUT2D eigenvalue weighted by molar-refractivity contribution is 0.404. The van der Waals surface area contributed by atoms with Gasteiger partial charge in [0.25, 0.3) is 0 Å². The van der Waals surface area contributed by atoms with E-state index < -0.39 is 0 Å². The van der Waals surface area contributed by atoms with E-state index in [0.29, 0.717) is 5.92 Å². The minimum Gasteiger partial charge on any atom is -0.358 e. The van der Waals surface area contributed by atoms with Gasteiger partial charge in [-0.25, -0.2) is 0 Å².